The molecule has 1 aliphatic heterocycles. The Bertz CT molecular complexity index is 1640. The monoisotopic (exact) mass is 575 g/mol. The molecule has 0 spiro atoms. The van der Waals surface area contributed by atoms with Crippen LogP contribution in [0, 0.1) is 24.6 Å². The van der Waals surface area contributed by atoms with Crippen molar-refractivity contribution in [1.29, 1.82) is 0 Å². The van der Waals surface area contributed by atoms with Crippen LogP contribution < -0.4 is 4.74 Å². The molecule has 5 rings (SSSR count). The lowest BCUT2D eigenvalue weighted by Gasteiger charge is -2.33. The van der Waals surface area contributed by atoms with Gasteiger partial charge in [0.1, 0.15) is 28.4 Å². The molecule has 4 aromatic heterocycles. The van der Waals surface area contributed by atoms with E-state index in [1.807, 2.05) is 44.6 Å². The molecule has 1 aliphatic rings. The van der Waals surface area contributed by atoms with Crippen LogP contribution in [0.25, 0.3) is 16.8 Å². The molecule has 0 saturated carbocycles. The number of aliphatic hydroxyl groups is 1. The lowest BCUT2D eigenvalue weighted by Crippen LogP contribution is -2.42. The van der Waals surface area contributed by atoms with Crippen LogP contribution in [0.4, 0.5) is 9.18 Å². The number of carbonyl (C=O) groups excluding carboxylic acids is 1. The largest absolute Gasteiger partial charge is 0.479 e. The number of carbonyl (C=O) groups is 1. The number of halogens is 1. The fourth-order valence-electron chi connectivity index (χ4n) is 5.03. The number of aromatic nitrogens is 6. The van der Waals surface area contributed by atoms with E-state index < -0.39 is 17.5 Å². The zero-order chi connectivity index (χ0) is 30.0. The first-order chi connectivity index (χ1) is 20.1. The third-order valence-electron chi connectivity index (χ3n) is 7.01. The van der Waals surface area contributed by atoms with Crippen molar-refractivity contribution in [3.8, 4) is 28.8 Å². The minimum absolute atomic E-state index is 0.0730. The van der Waals surface area contributed by atoms with E-state index >= 15 is 0 Å². The molecular formula is C30H34FN7O4. The van der Waals surface area contributed by atoms with E-state index in [0.29, 0.717) is 46.9 Å². The van der Waals surface area contributed by atoms with Crippen LogP contribution in [0.2, 0.25) is 0 Å². The fourth-order valence-corrected chi connectivity index (χ4v) is 5.03. The molecule has 5 heterocycles. The summed E-state index contributed by atoms with van der Waals surface area (Å²) in [7, 11) is 0. The summed E-state index contributed by atoms with van der Waals surface area (Å²) < 4.78 is 28.8. The second-order valence-electron chi connectivity index (χ2n) is 11.2. The number of piperidine rings is 1. The number of rotatable bonds is 6. The number of ether oxygens (including phenoxy) is 2. The Balaban J connectivity index is 1.44. The first-order valence-corrected chi connectivity index (χ1v) is 13.8. The molecule has 1 atom stereocenters. The first-order valence-electron chi connectivity index (χ1n) is 13.8. The number of hydrogen-bond donors (Lipinski definition) is 1. The van der Waals surface area contributed by atoms with E-state index in [2.05, 4.69) is 32.2 Å². The van der Waals surface area contributed by atoms with Crippen LogP contribution in [-0.4, -0.2) is 71.0 Å². The summed E-state index contributed by atoms with van der Waals surface area (Å²) in [6.45, 7) is 10.0. The summed E-state index contributed by atoms with van der Waals surface area (Å²) in [5.41, 5.74) is 3.32. The average Bonchev–Trinajstić information content (AvgIpc) is 3.55. The SMILES string of the molecule is CC#Cc1cnn2cc(-c3nnn(C4CCN(C(=O)OC(C)(C)C)CC4)c3C)cc(OC(CO)c3ccc(F)cn3)c12. The second kappa shape index (κ2) is 11.8. The molecule has 11 nitrogen and oxygen atoms in total. The van der Waals surface area contributed by atoms with Crippen molar-refractivity contribution in [3.05, 3.63) is 59.6 Å². The minimum Gasteiger partial charge on any atom is -0.479 e. The van der Waals surface area contributed by atoms with Gasteiger partial charge in [-0.05, 0) is 65.7 Å². The van der Waals surface area contributed by atoms with Crippen molar-refractivity contribution < 1.29 is 23.8 Å². The molecule has 1 saturated heterocycles. The van der Waals surface area contributed by atoms with E-state index in [4.69, 9.17) is 9.47 Å². The highest BCUT2D eigenvalue weighted by Crippen LogP contribution is 2.34. The van der Waals surface area contributed by atoms with Crippen molar-refractivity contribution in [2.75, 3.05) is 19.7 Å². The zero-order valence-electron chi connectivity index (χ0n) is 24.3. The summed E-state index contributed by atoms with van der Waals surface area (Å²) in [5.74, 6) is 5.86. The molecule has 1 amide bonds. The Morgan fingerprint density at radius 2 is 2.00 bits per heavy atom. The number of amides is 1. The first kappa shape index (κ1) is 29.0. The van der Waals surface area contributed by atoms with Gasteiger partial charge in [0.25, 0.3) is 0 Å². The van der Waals surface area contributed by atoms with E-state index in [0.717, 1.165) is 24.7 Å². The molecule has 42 heavy (non-hydrogen) atoms. The maximum Gasteiger partial charge on any atom is 0.410 e. The van der Waals surface area contributed by atoms with Gasteiger partial charge in [0.05, 0.1) is 42.0 Å². The molecule has 0 aliphatic carbocycles. The number of pyridine rings is 2. The quantitative estimate of drug-likeness (QED) is 0.334. The summed E-state index contributed by atoms with van der Waals surface area (Å²) in [6.07, 6.45) is 4.85. The molecule has 12 heteroatoms. The molecular weight excluding hydrogens is 541 g/mol. The predicted octanol–water partition coefficient (Wildman–Crippen LogP) is 4.49. The van der Waals surface area contributed by atoms with Gasteiger partial charge in [0.15, 0.2) is 6.10 Å². The van der Waals surface area contributed by atoms with Gasteiger partial charge in [-0.1, -0.05) is 11.1 Å². The number of fused-ring (bicyclic) bond motifs is 1. The van der Waals surface area contributed by atoms with Gasteiger partial charge in [-0.3, -0.25) is 4.98 Å². The highest BCUT2D eigenvalue weighted by molar-refractivity contribution is 5.75. The van der Waals surface area contributed by atoms with Gasteiger partial charge < -0.3 is 19.5 Å². The van der Waals surface area contributed by atoms with Crippen molar-refractivity contribution in [3.63, 3.8) is 0 Å². The van der Waals surface area contributed by atoms with E-state index in [9.17, 15) is 14.3 Å². The van der Waals surface area contributed by atoms with Crippen molar-refractivity contribution in [2.45, 2.75) is 65.2 Å². The fraction of sp³-hybridized carbons (Fsp3) is 0.433. The van der Waals surface area contributed by atoms with Crippen LogP contribution in [0.1, 0.15) is 69.6 Å². The van der Waals surface area contributed by atoms with E-state index in [1.165, 1.54) is 12.1 Å². The number of aliphatic hydroxyl groups excluding tert-OH is 1. The summed E-state index contributed by atoms with van der Waals surface area (Å²) in [6, 6.07) is 4.64. The van der Waals surface area contributed by atoms with Crippen molar-refractivity contribution >= 4 is 11.6 Å². The number of nitrogens with zero attached hydrogens (tertiary/aromatic N) is 7. The highest BCUT2D eigenvalue weighted by Gasteiger charge is 2.29. The Kier molecular flexibility index (Phi) is 8.13. The van der Waals surface area contributed by atoms with Crippen LogP contribution in [-0.2, 0) is 4.74 Å². The average molecular weight is 576 g/mol. The smallest absolute Gasteiger partial charge is 0.410 e. The van der Waals surface area contributed by atoms with Gasteiger partial charge in [-0.15, -0.1) is 11.0 Å². The van der Waals surface area contributed by atoms with Crippen LogP contribution in [0.5, 0.6) is 5.75 Å². The van der Waals surface area contributed by atoms with Gasteiger partial charge in [-0.2, -0.15) is 5.10 Å². The van der Waals surface area contributed by atoms with Gasteiger partial charge >= 0.3 is 6.09 Å². The van der Waals surface area contributed by atoms with Crippen LogP contribution >= 0.6 is 0 Å². The lowest BCUT2D eigenvalue weighted by molar-refractivity contribution is 0.0183. The predicted molar refractivity (Wildman–Crippen MR) is 152 cm³/mol. The molecule has 1 fully saturated rings. The Labute approximate surface area is 243 Å². The highest BCUT2D eigenvalue weighted by atomic mass is 19.1. The molecule has 1 unspecified atom stereocenters. The van der Waals surface area contributed by atoms with Crippen LogP contribution in [0.3, 0.4) is 0 Å². The summed E-state index contributed by atoms with van der Waals surface area (Å²) in [4.78, 5) is 18.3. The molecule has 220 valence electrons. The van der Waals surface area contributed by atoms with Crippen LogP contribution in [0.15, 0.2) is 36.8 Å². The molecule has 0 radical (unpaired) electrons. The van der Waals surface area contributed by atoms with Gasteiger partial charge in [-0.25, -0.2) is 18.4 Å². The maximum absolute atomic E-state index is 13.5. The third-order valence-corrected chi connectivity index (χ3v) is 7.01. The van der Waals surface area contributed by atoms with E-state index in [1.54, 1.807) is 22.5 Å². The summed E-state index contributed by atoms with van der Waals surface area (Å²) >= 11 is 0. The molecule has 1 N–H and O–H groups in total. The third kappa shape index (κ3) is 6.06. The molecule has 4 aromatic rings. The lowest BCUT2D eigenvalue weighted by atomic mass is 10.0. The number of hydrogen-bond acceptors (Lipinski definition) is 8. The second-order valence-corrected chi connectivity index (χ2v) is 11.2. The summed E-state index contributed by atoms with van der Waals surface area (Å²) in [5, 5.41) is 23.6. The molecule has 0 bridgehead atoms. The topological polar surface area (TPSA) is 120 Å². The normalized spacial score (nSPS) is 14.9. The molecule has 0 aromatic carbocycles. The zero-order valence-corrected chi connectivity index (χ0v) is 24.3. The Hall–Kier alpha value is -4.50. The number of likely N-dealkylation sites (tertiary alicyclic amines) is 1. The standard InChI is InChI=1S/C30H34FN7O4/c1-6-7-20-15-33-37-17-21(14-25(28(20)37)41-26(18-39)24-9-8-22(31)16-32-24)27-19(2)38(35-34-27)23-10-12-36(13-11-23)29(40)42-30(3,4)5/h8-9,14-17,23,26,39H,10-13,18H2,1-5H3. The Morgan fingerprint density at radius 3 is 2.64 bits per heavy atom. The van der Waals surface area contributed by atoms with Gasteiger partial charge in [0.2, 0.25) is 0 Å². The maximum atomic E-state index is 13.5. The van der Waals surface area contributed by atoms with E-state index in [-0.39, 0.29) is 18.7 Å². The van der Waals surface area contributed by atoms with Crippen molar-refractivity contribution in [1.82, 2.24) is 34.5 Å². The van der Waals surface area contributed by atoms with Gasteiger partial charge in [0, 0.05) is 24.8 Å². The minimum atomic E-state index is -0.853. The van der Waals surface area contributed by atoms with Crippen molar-refractivity contribution in [2.24, 2.45) is 0 Å². The Morgan fingerprint density at radius 1 is 1.24 bits per heavy atom.